The van der Waals surface area contributed by atoms with E-state index in [0.29, 0.717) is 6.04 Å². The monoisotopic (exact) mass is 275 g/mol. The summed E-state index contributed by atoms with van der Waals surface area (Å²) in [5, 5.41) is 3.67. The second-order valence-electron chi connectivity index (χ2n) is 6.17. The quantitative estimate of drug-likeness (QED) is 0.863. The van der Waals surface area contributed by atoms with E-state index in [0.717, 1.165) is 35.8 Å². The van der Waals surface area contributed by atoms with Gasteiger partial charge in [0, 0.05) is 12.1 Å². The van der Waals surface area contributed by atoms with Crippen LogP contribution in [-0.4, -0.2) is 20.8 Å². The predicted octanol–water partition coefficient (Wildman–Crippen LogP) is 3.40. The van der Waals surface area contributed by atoms with Gasteiger partial charge >= 0.3 is 0 Å². The van der Waals surface area contributed by atoms with E-state index in [4.69, 9.17) is 9.47 Å². The average molecular weight is 275 g/mol. The van der Waals surface area contributed by atoms with Crippen LogP contribution < -0.4 is 14.8 Å². The van der Waals surface area contributed by atoms with Crippen LogP contribution in [0.1, 0.15) is 37.8 Å². The molecule has 3 unspecified atom stereocenters. The van der Waals surface area contributed by atoms with Gasteiger partial charge < -0.3 is 14.8 Å². The molecule has 0 spiro atoms. The molecule has 3 atom stereocenters. The number of ether oxygens (including phenoxy) is 2. The van der Waals surface area contributed by atoms with E-state index in [-0.39, 0.29) is 0 Å². The molecule has 0 amide bonds. The Bertz CT molecular complexity index is 442. The Balaban J connectivity index is 1.85. The fraction of sp³-hybridized carbons (Fsp3) is 0.647. The summed E-state index contributed by atoms with van der Waals surface area (Å²) in [6.45, 7) is 3.18. The summed E-state index contributed by atoms with van der Waals surface area (Å²) in [6.07, 6.45) is 4.22. The normalized spacial score (nSPS) is 28.9. The molecule has 1 aromatic carbocycles. The van der Waals surface area contributed by atoms with Crippen molar-refractivity contribution in [3.05, 3.63) is 23.8 Å². The maximum Gasteiger partial charge on any atom is 0.122 e. The molecule has 0 heterocycles. The van der Waals surface area contributed by atoms with Crippen LogP contribution in [0.15, 0.2) is 18.2 Å². The molecule has 3 heteroatoms. The van der Waals surface area contributed by atoms with Gasteiger partial charge in [-0.05, 0) is 61.3 Å². The number of methoxy groups -OCH3 is 2. The molecule has 0 radical (unpaired) electrons. The lowest BCUT2D eigenvalue weighted by atomic mass is 9.89. The van der Waals surface area contributed by atoms with Crippen LogP contribution in [0.4, 0.5) is 0 Å². The van der Waals surface area contributed by atoms with Gasteiger partial charge in [-0.2, -0.15) is 0 Å². The largest absolute Gasteiger partial charge is 0.497 e. The summed E-state index contributed by atoms with van der Waals surface area (Å²) in [6, 6.07) is 6.68. The van der Waals surface area contributed by atoms with Crippen LogP contribution in [0.2, 0.25) is 0 Å². The minimum atomic E-state index is 0.428. The number of nitrogens with one attached hydrogen (secondary N) is 1. The van der Waals surface area contributed by atoms with E-state index >= 15 is 0 Å². The number of hydrogen-bond donors (Lipinski definition) is 1. The van der Waals surface area contributed by atoms with E-state index in [1.165, 1.54) is 24.8 Å². The molecule has 2 aliphatic carbocycles. The minimum absolute atomic E-state index is 0.428. The average Bonchev–Trinajstić information content (AvgIpc) is 3.10. The van der Waals surface area contributed by atoms with E-state index in [2.05, 4.69) is 24.4 Å². The zero-order valence-electron chi connectivity index (χ0n) is 12.7. The third kappa shape index (κ3) is 2.64. The molecule has 20 heavy (non-hydrogen) atoms. The number of hydrogen-bond acceptors (Lipinski definition) is 3. The molecule has 110 valence electrons. The van der Waals surface area contributed by atoms with Crippen molar-refractivity contribution >= 4 is 0 Å². The van der Waals surface area contributed by atoms with Crippen LogP contribution >= 0.6 is 0 Å². The maximum atomic E-state index is 5.41. The molecule has 3 rings (SSSR count). The predicted molar refractivity (Wildman–Crippen MR) is 80.3 cm³/mol. The van der Waals surface area contributed by atoms with Gasteiger partial charge in [-0.25, -0.2) is 0 Å². The number of rotatable bonds is 6. The fourth-order valence-electron chi connectivity index (χ4n) is 3.82. The molecule has 2 fully saturated rings. The third-order valence-electron chi connectivity index (χ3n) is 4.91. The van der Waals surface area contributed by atoms with Gasteiger partial charge in [-0.3, -0.25) is 0 Å². The van der Waals surface area contributed by atoms with Crippen molar-refractivity contribution in [2.24, 2.45) is 17.8 Å². The second-order valence-corrected chi connectivity index (χ2v) is 6.17. The van der Waals surface area contributed by atoms with Gasteiger partial charge in [0.05, 0.1) is 14.2 Å². The summed E-state index contributed by atoms with van der Waals surface area (Å²) in [4.78, 5) is 0. The van der Waals surface area contributed by atoms with Crippen molar-refractivity contribution in [2.45, 2.75) is 32.2 Å². The fourth-order valence-corrected chi connectivity index (χ4v) is 3.82. The zero-order chi connectivity index (χ0) is 14.1. The summed E-state index contributed by atoms with van der Waals surface area (Å²) in [5.74, 6) is 4.54. The van der Waals surface area contributed by atoms with E-state index in [1.54, 1.807) is 14.2 Å². The lowest BCUT2D eigenvalue weighted by Gasteiger charge is -2.27. The SMILES string of the molecule is CCNC(c1cc(OC)cc(OC)c1)C1CC2CC2C1. The van der Waals surface area contributed by atoms with E-state index in [1.807, 2.05) is 6.07 Å². The molecule has 1 aromatic rings. The lowest BCUT2D eigenvalue weighted by molar-refractivity contribution is 0.341. The highest BCUT2D eigenvalue weighted by atomic mass is 16.5. The maximum absolute atomic E-state index is 5.41. The molecule has 3 nitrogen and oxygen atoms in total. The third-order valence-corrected chi connectivity index (χ3v) is 4.91. The van der Waals surface area contributed by atoms with E-state index in [9.17, 15) is 0 Å². The first kappa shape index (κ1) is 13.7. The highest BCUT2D eigenvalue weighted by Gasteiger charge is 2.48. The highest BCUT2D eigenvalue weighted by molar-refractivity contribution is 5.40. The number of fused-ring (bicyclic) bond motifs is 1. The minimum Gasteiger partial charge on any atom is -0.497 e. The van der Waals surface area contributed by atoms with Gasteiger partial charge in [0.15, 0.2) is 0 Å². The highest BCUT2D eigenvalue weighted by Crippen LogP contribution is 2.57. The molecular formula is C17H25NO2. The van der Waals surface area contributed by atoms with Gasteiger partial charge in [0.1, 0.15) is 11.5 Å². The Morgan fingerprint density at radius 2 is 1.65 bits per heavy atom. The molecule has 0 aromatic heterocycles. The van der Waals surface area contributed by atoms with Crippen molar-refractivity contribution in [1.82, 2.24) is 5.32 Å². The van der Waals surface area contributed by atoms with Gasteiger partial charge in [-0.15, -0.1) is 0 Å². The summed E-state index contributed by atoms with van der Waals surface area (Å²) in [7, 11) is 3.43. The first-order valence-corrected chi connectivity index (χ1v) is 7.71. The molecule has 2 saturated carbocycles. The Hall–Kier alpha value is -1.22. The Labute approximate surface area is 121 Å². The van der Waals surface area contributed by atoms with Crippen molar-refractivity contribution < 1.29 is 9.47 Å². The molecule has 0 bridgehead atoms. The van der Waals surface area contributed by atoms with Crippen molar-refractivity contribution in [2.75, 3.05) is 20.8 Å². The van der Waals surface area contributed by atoms with Crippen LogP contribution in [0.3, 0.4) is 0 Å². The molecular weight excluding hydrogens is 250 g/mol. The summed E-state index contributed by atoms with van der Waals surface area (Å²) >= 11 is 0. The second kappa shape index (κ2) is 5.65. The first-order valence-electron chi connectivity index (χ1n) is 7.71. The standard InChI is InChI=1S/C17H25NO2/c1-4-18-17(13-6-11-5-12(11)7-13)14-8-15(19-2)10-16(9-14)20-3/h8-13,17-18H,4-7H2,1-3H3. The van der Waals surface area contributed by atoms with Gasteiger partial charge in [-0.1, -0.05) is 6.92 Å². The molecule has 2 aliphatic rings. The smallest absolute Gasteiger partial charge is 0.122 e. The van der Waals surface area contributed by atoms with Crippen LogP contribution in [0.5, 0.6) is 11.5 Å². The topological polar surface area (TPSA) is 30.5 Å². The van der Waals surface area contributed by atoms with Crippen molar-refractivity contribution in [3.63, 3.8) is 0 Å². The Morgan fingerprint density at radius 3 is 2.15 bits per heavy atom. The van der Waals surface area contributed by atoms with Crippen LogP contribution in [-0.2, 0) is 0 Å². The van der Waals surface area contributed by atoms with Gasteiger partial charge in [0.25, 0.3) is 0 Å². The van der Waals surface area contributed by atoms with E-state index < -0.39 is 0 Å². The van der Waals surface area contributed by atoms with Crippen LogP contribution in [0.25, 0.3) is 0 Å². The number of benzene rings is 1. The molecule has 1 N–H and O–H groups in total. The lowest BCUT2D eigenvalue weighted by Crippen LogP contribution is -2.27. The zero-order valence-corrected chi connectivity index (χ0v) is 12.7. The summed E-state index contributed by atoms with van der Waals surface area (Å²) < 4.78 is 10.8. The van der Waals surface area contributed by atoms with Crippen molar-refractivity contribution in [3.8, 4) is 11.5 Å². The first-order chi connectivity index (χ1) is 9.75. The van der Waals surface area contributed by atoms with Crippen LogP contribution in [0, 0.1) is 17.8 Å². The Morgan fingerprint density at radius 1 is 1.05 bits per heavy atom. The molecule has 0 saturated heterocycles. The van der Waals surface area contributed by atoms with Gasteiger partial charge in [0.2, 0.25) is 0 Å². The molecule has 0 aliphatic heterocycles. The van der Waals surface area contributed by atoms with Crippen molar-refractivity contribution in [1.29, 1.82) is 0 Å². The summed E-state index contributed by atoms with van der Waals surface area (Å²) in [5.41, 5.74) is 1.30. The Kier molecular flexibility index (Phi) is 3.88.